The Bertz CT molecular complexity index is 1100. The molecule has 1 atom stereocenters. The van der Waals surface area contributed by atoms with Crippen molar-refractivity contribution in [1.29, 1.82) is 5.26 Å². The van der Waals surface area contributed by atoms with E-state index in [0.29, 0.717) is 49.8 Å². The maximum atomic E-state index is 13.5. The molecule has 0 aliphatic carbocycles. The van der Waals surface area contributed by atoms with E-state index in [2.05, 4.69) is 0 Å². The molecule has 6 nitrogen and oxygen atoms in total. The number of benzene rings is 2. The fraction of sp³-hybridized carbons (Fsp3) is 0.462. The zero-order valence-corrected chi connectivity index (χ0v) is 20.6. The van der Waals surface area contributed by atoms with E-state index in [9.17, 15) is 23.2 Å². The lowest BCUT2D eigenvalue weighted by molar-refractivity contribution is -0.152. The van der Waals surface area contributed by atoms with Gasteiger partial charge >= 0.3 is 6.18 Å². The first-order valence-corrected chi connectivity index (χ1v) is 12.7. The second-order valence-electron chi connectivity index (χ2n) is 8.29. The van der Waals surface area contributed by atoms with E-state index in [-0.39, 0.29) is 30.3 Å². The van der Waals surface area contributed by atoms with Crippen LogP contribution in [0.15, 0.2) is 42.0 Å². The molecule has 1 heterocycles. The molecule has 2 aromatic rings. The molecule has 0 bridgehead atoms. The highest BCUT2D eigenvalue weighted by Crippen LogP contribution is 2.36. The van der Waals surface area contributed by atoms with E-state index in [1.54, 1.807) is 36.4 Å². The van der Waals surface area contributed by atoms with Gasteiger partial charge in [0.05, 0.1) is 33.0 Å². The number of anilines is 1. The number of aliphatic hydroxyl groups excluding tert-OH is 1. The summed E-state index contributed by atoms with van der Waals surface area (Å²) in [4.78, 5) is 13.9. The smallest absolute Gasteiger partial charge is 0.394 e. The van der Waals surface area contributed by atoms with Gasteiger partial charge in [-0.15, -0.1) is 0 Å². The lowest BCUT2D eigenvalue weighted by atomic mass is 9.99. The van der Waals surface area contributed by atoms with Gasteiger partial charge in [0, 0.05) is 18.0 Å². The van der Waals surface area contributed by atoms with Crippen molar-refractivity contribution in [3.63, 3.8) is 0 Å². The van der Waals surface area contributed by atoms with E-state index < -0.39 is 12.2 Å². The van der Waals surface area contributed by atoms with Gasteiger partial charge in [-0.05, 0) is 59.9 Å². The summed E-state index contributed by atoms with van der Waals surface area (Å²) in [7, 11) is 0. The summed E-state index contributed by atoms with van der Waals surface area (Å²) >= 11 is 0.987. The van der Waals surface area contributed by atoms with Gasteiger partial charge in [-0.1, -0.05) is 30.0 Å². The highest BCUT2D eigenvalue weighted by Gasteiger charge is 2.44. The lowest BCUT2D eigenvalue weighted by Gasteiger charge is -2.38. The van der Waals surface area contributed by atoms with Crippen LogP contribution in [-0.2, 0) is 14.3 Å². The molecule has 1 aliphatic heterocycles. The van der Waals surface area contributed by atoms with Crippen molar-refractivity contribution in [1.82, 2.24) is 0 Å². The van der Waals surface area contributed by atoms with E-state index >= 15 is 0 Å². The number of hydrogen-bond acceptors (Lipinski definition) is 7. The van der Waals surface area contributed by atoms with Crippen LogP contribution in [0.2, 0.25) is 0 Å². The van der Waals surface area contributed by atoms with Crippen LogP contribution in [0.1, 0.15) is 24.8 Å². The van der Waals surface area contributed by atoms with Crippen LogP contribution in [0.4, 0.5) is 18.9 Å². The van der Waals surface area contributed by atoms with Crippen LogP contribution in [0, 0.1) is 11.3 Å². The summed E-state index contributed by atoms with van der Waals surface area (Å²) in [5, 5.41) is 19.3. The maximum Gasteiger partial charge on any atom is 0.408 e. The Morgan fingerprint density at radius 2 is 1.83 bits per heavy atom. The molecule has 1 N–H and O–H groups in total. The van der Waals surface area contributed by atoms with Gasteiger partial charge in [0.1, 0.15) is 17.7 Å². The van der Waals surface area contributed by atoms with Crippen LogP contribution in [-0.4, -0.2) is 67.8 Å². The molecule has 0 aromatic heterocycles. The number of alkyl halides is 3. The van der Waals surface area contributed by atoms with Gasteiger partial charge in [-0.25, -0.2) is 0 Å². The molecule has 1 unspecified atom stereocenters. The van der Waals surface area contributed by atoms with Gasteiger partial charge in [-0.3, -0.25) is 4.79 Å². The topological polar surface area (TPSA) is 82.8 Å². The minimum Gasteiger partial charge on any atom is -0.394 e. The Morgan fingerprint density at radius 3 is 2.56 bits per heavy atom. The van der Waals surface area contributed by atoms with Crippen LogP contribution in [0.5, 0.6) is 0 Å². The largest absolute Gasteiger partial charge is 0.408 e. The average molecular weight is 523 g/mol. The first-order chi connectivity index (χ1) is 17.3. The molecule has 0 amide bonds. The lowest BCUT2D eigenvalue weighted by Crippen LogP contribution is -2.48. The number of fused-ring (bicyclic) bond motifs is 1. The highest BCUT2D eigenvalue weighted by molar-refractivity contribution is 8.14. The number of ether oxygens (including phenoxy) is 2. The Hall–Kier alpha value is -2.58. The molecule has 10 heteroatoms. The number of carbonyl (C=O) groups is 1. The molecular weight excluding hydrogens is 493 g/mol. The molecule has 36 heavy (non-hydrogen) atoms. The first kappa shape index (κ1) is 28.0. The van der Waals surface area contributed by atoms with Gasteiger partial charge in [0.2, 0.25) is 5.12 Å². The quantitative estimate of drug-likeness (QED) is 0.254. The van der Waals surface area contributed by atoms with Crippen LogP contribution < -0.4 is 4.90 Å². The van der Waals surface area contributed by atoms with Crippen molar-refractivity contribution in [3.8, 4) is 6.07 Å². The monoisotopic (exact) mass is 522 g/mol. The number of carbonyl (C=O) groups excluding carboxylic acids is 1. The average Bonchev–Trinajstić information content (AvgIpc) is 2.87. The molecular formula is C26H29F3N2O4S. The van der Waals surface area contributed by atoms with Gasteiger partial charge < -0.3 is 19.5 Å². The van der Waals surface area contributed by atoms with Crippen molar-refractivity contribution in [3.05, 3.63) is 47.5 Å². The highest BCUT2D eigenvalue weighted by atomic mass is 32.2. The number of nitriles is 1. The van der Waals surface area contributed by atoms with Crippen molar-refractivity contribution < 1.29 is 32.5 Å². The zero-order valence-electron chi connectivity index (χ0n) is 19.8. The number of thioether (sulfide) groups is 1. The number of piperidine rings is 1. The molecule has 0 radical (unpaired) electrons. The number of nitrogens with zero attached hydrogens (tertiary/aromatic N) is 2. The molecule has 1 fully saturated rings. The number of halogens is 3. The number of aliphatic hydroxyl groups is 1. The summed E-state index contributed by atoms with van der Waals surface area (Å²) in [6, 6.07) is 11.0. The fourth-order valence-corrected chi connectivity index (χ4v) is 4.71. The second kappa shape index (κ2) is 13.7. The third kappa shape index (κ3) is 7.96. The summed E-state index contributed by atoms with van der Waals surface area (Å²) in [6.07, 6.45) is -1.38. The van der Waals surface area contributed by atoms with Crippen molar-refractivity contribution in [2.24, 2.45) is 0 Å². The van der Waals surface area contributed by atoms with Crippen molar-refractivity contribution in [2.45, 2.75) is 31.5 Å². The van der Waals surface area contributed by atoms with Crippen LogP contribution in [0.3, 0.4) is 0 Å². The minimum absolute atomic E-state index is 0.00332. The van der Waals surface area contributed by atoms with E-state index in [1.807, 2.05) is 6.07 Å². The molecule has 1 saturated heterocycles. The number of rotatable bonds is 11. The predicted octanol–water partition coefficient (Wildman–Crippen LogP) is 4.95. The Labute approximate surface area is 212 Å². The minimum atomic E-state index is -4.27. The molecule has 194 valence electrons. The van der Waals surface area contributed by atoms with E-state index in [4.69, 9.17) is 14.6 Å². The normalized spacial score (nSPS) is 16.8. The van der Waals surface area contributed by atoms with Gasteiger partial charge in [0.25, 0.3) is 0 Å². The van der Waals surface area contributed by atoms with Crippen molar-refractivity contribution in [2.75, 3.05) is 50.2 Å². The summed E-state index contributed by atoms with van der Waals surface area (Å²) in [5.41, 5.74) is 1.20. The van der Waals surface area contributed by atoms with E-state index in [0.717, 1.165) is 29.0 Å². The molecule has 3 rings (SSSR count). The SMILES string of the molecule is N#C/C(=C\c1ccc2cc(N3CCCCC3C(F)(F)F)ccc2c1)C(=O)SCCOCCOCCO. The Kier molecular flexibility index (Phi) is 10.6. The second-order valence-corrected chi connectivity index (χ2v) is 9.36. The molecule has 0 saturated carbocycles. The van der Waals surface area contributed by atoms with Crippen LogP contribution >= 0.6 is 11.8 Å². The zero-order chi connectivity index (χ0) is 26.0. The predicted molar refractivity (Wildman–Crippen MR) is 135 cm³/mol. The Balaban J connectivity index is 1.63. The summed E-state index contributed by atoms with van der Waals surface area (Å²) in [6.45, 7) is 1.59. The fourth-order valence-electron chi connectivity index (χ4n) is 4.06. The standard InChI is InChI=1S/C26H29F3N2O4S/c27-26(28,29)24-3-1-2-8-31(24)23-7-6-20-15-19(4-5-21(20)17-23)16-22(18-30)25(33)36-14-13-35-12-11-34-10-9-32/h4-7,15-17,24,32H,1-3,8-14H2/b22-16+. The Morgan fingerprint density at radius 1 is 1.11 bits per heavy atom. The van der Waals surface area contributed by atoms with Crippen molar-refractivity contribution >= 4 is 39.4 Å². The summed E-state index contributed by atoms with van der Waals surface area (Å²) < 4.78 is 51.0. The molecule has 0 spiro atoms. The third-order valence-corrected chi connectivity index (χ3v) is 6.63. The van der Waals surface area contributed by atoms with Gasteiger partial charge in [-0.2, -0.15) is 18.4 Å². The molecule has 1 aliphatic rings. The van der Waals surface area contributed by atoms with Gasteiger partial charge in [0.15, 0.2) is 0 Å². The van der Waals surface area contributed by atoms with E-state index in [1.165, 1.54) is 11.0 Å². The van der Waals surface area contributed by atoms with Crippen LogP contribution in [0.25, 0.3) is 16.8 Å². The maximum absolute atomic E-state index is 13.5. The molecule has 2 aromatic carbocycles. The number of hydrogen-bond donors (Lipinski definition) is 1. The summed E-state index contributed by atoms with van der Waals surface area (Å²) in [5.74, 6) is 0.383. The third-order valence-electron chi connectivity index (χ3n) is 5.78. The first-order valence-electron chi connectivity index (χ1n) is 11.8.